The highest BCUT2D eigenvalue weighted by molar-refractivity contribution is 7.24. The molecule has 0 saturated heterocycles. The van der Waals surface area contributed by atoms with Crippen LogP contribution >= 0.6 is 10.9 Å². The Balaban J connectivity index is 0.00000180. The molecule has 0 aliphatic heterocycles. The summed E-state index contributed by atoms with van der Waals surface area (Å²) in [6, 6.07) is 4.05. The molecule has 2 heterocycles. The molecule has 4 nitrogen and oxygen atoms in total. The lowest BCUT2D eigenvalue weighted by Gasteiger charge is -1.93. The van der Waals surface area contributed by atoms with Gasteiger partial charge in [-0.2, -0.15) is 4.98 Å². The monoisotopic (exact) mass is 392 g/mol. The highest BCUT2D eigenvalue weighted by Crippen LogP contribution is 2.26. The van der Waals surface area contributed by atoms with Crippen molar-refractivity contribution in [2.75, 3.05) is 6.61 Å². The van der Waals surface area contributed by atoms with Crippen LogP contribution in [0.2, 0.25) is 0 Å². The molecule has 1 unspecified atom stereocenters. The van der Waals surface area contributed by atoms with E-state index in [9.17, 15) is 0 Å². The average Bonchev–Trinajstić information content (AvgIpc) is 2.83. The molecule has 0 aliphatic rings. The van der Waals surface area contributed by atoms with Gasteiger partial charge >= 0.3 is 5.01 Å². The van der Waals surface area contributed by atoms with Gasteiger partial charge in [0.15, 0.2) is 18.7 Å². The van der Waals surface area contributed by atoms with Crippen molar-refractivity contribution in [1.29, 1.82) is 0 Å². The van der Waals surface area contributed by atoms with Gasteiger partial charge < -0.3 is 24.0 Å². The molecule has 0 N–H and O–H groups in total. The summed E-state index contributed by atoms with van der Waals surface area (Å²) in [4.78, 5) is 4.33. The molecule has 19 heavy (non-hydrogen) atoms. The van der Waals surface area contributed by atoms with Crippen LogP contribution in [0.5, 0.6) is 0 Å². The predicted molar refractivity (Wildman–Crippen MR) is 72.1 cm³/mol. The van der Waals surface area contributed by atoms with E-state index in [4.69, 9.17) is 4.18 Å². The van der Waals surface area contributed by atoms with Crippen molar-refractivity contribution >= 4 is 10.9 Å². The number of nitrogens with zero attached hydrogens (tertiary/aromatic N) is 3. The van der Waals surface area contributed by atoms with Gasteiger partial charge in [0.05, 0.1) is 0 Å². The molecule has 6 heteroatoms. The molecule has 0 spiro atoms. The van der Waals surface area contributed by atoms with Crippen LogP contribution in [0.25, 0.3) is 10.6 Å². The molecule has 2 aromatic rings. The van der Waals surface area contributed by atoms with Gasteiger partial charge in [-0.05, 0) is 12.5 Å². The molecule has 0 saturated carbocycles. The number of hydrogen-bond acceptors (Lipinski definition) is 3. The van der Waals surface area contributed by atoms with E-state index in [0.717, 1.165) is 23.6 Å². The van der Waals surface area contributed by atoms with Gasteiger partial charge in [0.1, 0.15) is 19.2 Å². The zero-order chi connectivity index (χ0) is 12.8. The van der Waals surface area contributed by atoms with Gasteiger partial charge in [-0.3, -0.25) is 0 Å². The fourth-order valence-corrected chi connectivity index (χ4v) is 2.82. The van der Waals surface area contributed by atoms with Gasteiger partial charge in [0, 0.05) is 10.4 Å². The zero-order valence-corrected chi connectivity index (χ0v) is 14.2. The van der Waals surface area contributed by atoms with Crippen molar-refractivity contribution in [3.05, 3.63) is 30.9 Å². The summed E-state index contributed by atoms with van der Waals surface area (Å²) in [5.41, 5.74) is 1.08. The molecule has 0 aromatic carbocycles. The van der Waals surface area contributed by atoms with Crippen molar-refractivity contribution in [2.24, 2.45) is 7.05 Å². The summed E-state index contributed by atoms with van der Waals surface area (Å²) >= 11 is 0. The summed E-state index contributed by atoms with van der Waals surface area (Å²) < 4.78 is 12.1. The summed E-state index contributed by atoms with van der Waals surface area (Å²) in [6.45, 7) is 2.94. The molecule has 0 fully saturated rings. The van der Waals surface area contributed by atoms with Gasteiger partial charge in [0.2, 0.25) is 0 Å². The topological polar surface area (TPSA) is 38.9 Å². The van der Waals surface area contributed by atoms with Crippen LogP contribution in [0.1, 0.15) is 26.2 Å². The number of unbranched alkanes of at least 4 members (excludes halogenated alkanes) is 2. The van der Waals surface area contributed by atoms with E-state index >= 15 is 0 Å². The predicted octanol–water partition coefficient (Wildman–Crippen LogP) is -0.660. The van der Waals surface area contributed by atoms with E-state index in [1.54, 1.807) is 6.33 Å². The number of rotatable bonds is 6. The molecule has 1 atom stereocenters. The highest BCUT2D eigenvalue weighted by atomic mass is 127. The minimum atomic E-state index is -0.522. The van der Waals surface area contributed by atoms with Gasteiger partial charge in [0.25, 0.3) is 10.9 Å². The van der Waals surface area contributed by atoms with Gasteiger partial charge in [-0.25, -0.2) is 4.57 Å². The second-order valence-corrected chi connectivity index (χ2v) is 5.52. The molecule has 104 valence electrons. The Hall–Kier alpha value is -0.600. The fourth-order valence-electron chi connectivity index (χ4n) is 1.68. The summed E-state index contributed by atoms with van der Waals surface area (Å²) in [6.07, 6.45) is 9.14. The Morgan fingerprint density at radius 3 is 2.95 bits per heavy atom. The first-order valence-electron chi connectivity index (χ1n) is 6.25. The fraction of sp³-hybridized carbons (Fsp3) is 0.462. The molecule has 0 bridgehead atoms. The Labute approximate surface area is 134 Å². The lowest BCUT2D eigenvalue weighted by atomic mass is 10.3. The SMILES string of the molecule is CCCCCO[s+]1ncnc1-c1ccc[n+](C)c1.[I-]. The molecule has 2 aromatic heterocycles. The average molecular weight is 392 g/mol. The number of hydrogen-bond donors (Lipinski definition) is 0. The van der Waals surface area contributed by atoms with Crippen molar-refractivity contribution in [1.82, 2.24) is 9.36 Å². The molecule has 2 rings (SSSR count). The Morgan fingerprint density at radius 2 is 2.21 bits per heavy atom. The molecular weight excluding hydrogens is 373 g/mol. The van der Waals surface area contributed by atoms with Crippen molar-refractivity contribution < 1.29 is 32.7 Å². The lowest BCUT2D eigenvalue weighted by molar-refractivity contribution is -0.671. The molecular formula is C13H19IN3OS+. The van der Waals surface area contributed by atoms with Crippen molar-refractivity contribution in [2.45, 2.75) is 26.2 Å². The van der Waals surface area contributed by atoms with E-state index in [1.807, 2.05) is 36.1 Å². The third kappa shape index (κ3) is 4.77. The first-order chi connectivity index (χ1) is 8.81. The maximum absolute atomic E-state index is 5.80. The summed E-state index contributed by atoms with van der Waals surface area (Å²) in [7, 11) is 1.48. The summed E-state index contributed by atoms with van der Waals surface area (Å²) in [5.74, 6) is 0. The van der Waals surface area contributed by atoms with Crippen LogP contribution in [0, 0.1) is 0 Å². The number of aromatic nitrogens is 3. The normalized spacial score (nSPS) is 11.2. The van der Waals surface area contributed by atoms with Crippen LogP contribution in [0.3, 0.4) is 0 Å². The maximum Gasteiger partial charge on any atom is 0.344 e. The van der Waals surface area contributed by atoms with E-state index in [2.05, 4.69) is 16.3 Å². The smallest absolute Gasteiger partial charge is 0.344 e. The number of pyridine rings is 1. The second kappa shape index (κ2) is 8.55. The third-order valence-corrected chi connectivity index (χ3v) is 3.96. The van der Waals surface area contributed by atoms with Crippen LogP contribution in [-0.4, -0.2) is 16.0 Å². The van der Waals surface area contributed by atoms with Crippen molar-refractivity contribution in [3.63, 3.8) is 0 Å². The Morgan fingerprint density at radius 1 is 1.37 bits per heavy atom. The number of aryl methyl sites for hydroxylation is 1. The summed E-state index contributed by atoms with van der Waals surface area (Å²) in [5, 5.41) is 0.933. The first kappa shape index (κ1) is 16.5. The van der Waals surface area contributed by atoms with Crippen molar-refractivity contribution in [3.8, 4) is 10.6 Å². The Bertz CT molecular complexity index is 504. The van der Waals surface area contributed by atoms with E-state index in [1.165, 1.54) is 12.8 Å². The van der Waals surface area contributed by atoms with E-state index in [0.29, 0.717) is 0 Å². The molecule has 0 aliphatic carbocycles. The quantitative estimate of drug-likeness (QED) is 0.284. The third-order valence-electron chi connectivity index (χ3n) is 2.61. The van der Waals surface area contributed by atoms with Gasteiger partial charge in [-0.15, -0.1) is 4.18 Å². The second-order valence-electron chi connectivity index (χ2n) is 4.19. The standard InChI is InChI=1S/C13H19N3OS.HI/c1-3-4-5-9-17-18-13(14-11-15-18)12-7-6-8-16(2)10-12;/h6-8,10-11H,3-5,9H2,1-2H3;1H/q+2;/p-1. The largest absolute Gasteiger partial charge is 1.00 e. The minimum absolute atomic E-state index is 0. The lowest BCUT2D eigenvalue weighted by Crippen LogP contribution is -3.00. The van der Waals surface area contributed by atoms with E-state index < -0.39 is 10.9 Å². The Kier molecular flexibility index (Phi) is 7.40. The molecule has 0 amide bonds. The zero-order valence-electron chi connectivity index (χ0n) is 11.3. The van der Waals surface area contributed by atoms with Gasteiger partial charge in [-0.1, -0.05) is 19.8 Å². The van der Waals surface area contributed by atoms with Crippen LogP contribution < -0.4 is 32.7 Å². The number of halogens is 1. The van der Waals surface area contributed by atoms with Crippen LogP contribution in [0.15, 0.2) is 30.9 Å². The highest BCUT2D eigenvalue weighted by Gasteiger charge is 2.23. The maximum atomic E-state index is 5.80. The molecule has 0 radical (unpaired) electrons. The minimum Gasteiger partial charge on any atom is -1.00 e. The van der Waals surface area contributed by atoms with Crippen LogP contribution in [0.4, 0.5) is 0 Å². The van der Waals surface area contributed by atoms with Crippen LogP contribution in [-0.2, 0) is 7.05 Å². The first-order valence-corrected chi connectivity index (χ1v) is 7.35. The van der Waals surface area contributed by atoms with E-state index in [-0.39, 0.29) is 24.0 Å².